The van der Waals surface area contributed by atoms with Crippen LogP contribution in [-0.4, -0.2) is 58.1 Å². The average Bonchev–Trinajstić information content (AvgIpc) is 3.17. The van der Waals surface area contributed by atoms with Crippen molar-refractivity contribution >= 4 is 29.4 Å². The standard InChI is InChI=1S/C26H28ClN5O4/c1-15(2)29-26-28-11-21(27)24(31-26)17-7-8-18-12-32(25(35)20(18)10-17)13-23(34)30-22(14-33)16-5-4-6-19(9-16)36-3/h4-11,15,22,33H,12-14H2,1-3H3,(H,30,34)(H,28,29,31). The number of aliphatic hydroxyl groups excluding tert-OH is 1. The number of carbonyl (C=O) groups is 2. The molecule has 1 atom stereocenters. The molecule has 2 aromatic carbocycles. The first kappa shape index (κ1) is 25.4. The zero-order valence-corrected chi connectivity index (χ0v) is 21.0. The smallest absolute Gasteiger partial charge is 0.254 e. The van der Waals surface area contributed by atoms with Gasteiger partial charge >= 0.3 is 0 Å². The summed E-state index contributed by atoms with van der Waals surface area (Å²) in [5.41, 5.74) is 3.23. The molecular weight excluding hydrogens is 482 g/mol. The molecule has 1 aromatic heterocycles. The molecule has 36 heavy (non-hydrogen) atoms. The number of amides is 2. The summed E-state index contributed by atoms with van der Waals surface area (Å²) < 4.78 is 5.22. The zero-order chi connectivity index (χ0) is 25.8. The van der Waals surface area contributed by atoms with Crippen molar-refractivity contribution in [3.8, 4) is 17.0 Å². The highest BCUT2D eigenvalue weighted by molar-refractivity contribution is 6.33. The summed E-state index contributed by atoms with van der Waals surface area (Å²) in [6.45, 7) is 3.85. The molecule has 0 fully saturated rings. The Morgan fingerprint density at radius 2 is 2.06 bits per heavy atom. The summed E-state index contributed by atoms with van der Waals surface area (Å²) in [5, 5.41) is 16.1. The van der Waals surface area contributed by atoms with Crippen molar-refractivity contribution in [3.63, 3.8) is 0 Å². The molecule has 3 N–H and O–H groups in total. The number of ether oxygens (including phenoxy) is 1. The highest BCUT2D eigenvalue weighted by atomic mass is 35.5. The maximum absolute atomic E-state index is 13.1. The number of methoxy groups -OCH3 is 1. The van der Waals surface area contributed by atoms with Gasteiger partial charge in [-0.25, -0.2) is 9.97 Å². The van der Waals surface area contributed by atoms with Gasteiger partial charge in [0.05, 0.1) is 36.7 Å². The first-order valence-corrected chi connectivity index (χ1v) is 11.9. The number of hydrogen-bond acceptors (Lipinski definition) is 7. The molecule has 0 bridgehead atoms. The van der Waals surface area contributed by atoms with Crippen LogP contribution in [0.2, 0.25) is 5.02 Å². The Balaban J connectivity index is 1.47. The lowest BCUT2D eigenvalue weighted by atomic mass is 10.0. The van der Waals surface area contributed by atoms with Crippen molar-refractivity contribution in [1.82, 2.24) is 20.2 Å². The minimum absolute atomic E-state index is 0.139. The molecule has 0 aliphatic carbocycles. The van der Waals surface area contributed by atoms with Gasteiger partial charge in [-0.15, -0.1) is 0 Å². The molecule has 0 radical (unpaired) electrons. The molecule has 2 amide bonds. The topological polar surface area (TPSA) is 117 Å². The van der Waals surface area contributed by atoms with Crippen molar-refractivity contribution in [2.24, 2.45) is 0 Å². The number of carbonyl (C=O) groups excluding carboxylic acids is 2. The minimum Gasteiger partial charge on any atom is -0.497 e. The van der Waals surface area contributed by atoms with Crippen molar-refractivity contribution in [2.45, 2.75) is 32.5 Å². The third-order valence-corrected chi connectivity index (χ3v) is 6.05. The van der Waals surface area contributed by atoms with Crippen molar-refractivity contribution in [3.05, 3.63) is 70.4 Å². The molecule has 188 valence electrons. The quantitative estimate of drug-likeness (QED) is 0.404. The molecule has 1 aliphatic rings. The van der Waals surface area contributed by atoms with E-state index in [-0.39, 0.29) is 31.0 Å². The maximum Gasteiger partial charge on any atom is 0.254 e. The number of aliphatic hydroxyl groups is 1. The van der Waals surface area contributed by atoms with Gasteiger partial charge in [0.15, 0.2) is 0 Å². The van der Waals surface area contributed by atoms with E-state index in [9.17, 15) is 14.7 Å². The van der Waals surface area contributed by atoms with Crippen LogP contribution in [0.15, 0.2) is 48.7 Å². The predicted octanol–water partition coefficient (Wildman–Crippen LogP) is 3.43. The summed E-state index contributed by atoms with van der Waals surface area (Å²) in [6.07, 6.45) is 1.53. The lowest BCUT2D eigenvalue weighted by Gasteiger charge is -2.20. The second kappa shape index (κ2) is 10.9. The van der Waals surface area contributed by atoms with Crippen molar-refractivity contribution < 1.29 is 19.4 Å². The molecule has 1 aliphatic heterocycles. The minimum atomic E-state index is -0.618. The average molecular weight is 510 g/mol. The van der Waals surface area contributed by atoms with Crippen LogP contribution in [0, 0.1) is 0 Å². The van der Waals surface area contributed by atoms with Gasteiger partial charge in [0, 0.05) is 23.7 Å². The second-order valence-electron chi connectivity index (χ2n) is 8.80. The van der Waals surface area contributed by atoms with Crippen molar-refractivity contribution in [2.75, 3.05) is 25.6 Å². The van der Waals surface area contributed by atoms with Gasteiger partial charge in [-0.05, 0) is 43.2 Å². The Bertz CT molecular complexity index is 1280. The zero-order valence-electron chi connectivity index (χ0n) is 20.3. The number of benzene rings is 2. The molecule has 0 saturated carbocycles. The summed E-state index contributed by atoms with van der Waals surface area (Å²) in [7, 11) is 1.55. The number of fused-ring (bicyclic) bond motifs is 1. The largest absolute Gasteiger partial charge is 0.497 e. The van der Waals surface area contributed by atoms with Gasteiger partial charge in [-0.3, -0.25) is 9.59 Å². The van der Waals surface area contributed by atoms with E-state index in [1.165, 1.54) is 11.1 Å². The molecule has 0 saturated heterocycles. The third kappa shape index (κ3) is 5.58. The highest BCUT2D eigenvalue weighted by Gasteiger charge is 2.30. The van der Waals surface area contributed by atoms with Crippen LogP contribution in [0.25, 0.3) is 11.3 Å². The Kier molecular flexibility index (Phi) is 7.71. The van der Waals surface area contributed by atoms with Gasteiger partial charge in [0.1, 0.15) is 12.3 Å². The van der Waals surface area contributed by atoms with Crippen LogP contribution in [0.1, 0.15) is 41.4 Å². The van der Waals surface area contributed by atoms with Crippen LogP contribution in [0.5, 0.6) is 5.75 Å². The van der Waals surface area contributed by atoms with E-state index in [1.54, 1.807) is 37.4 Å². The monoisotopic (exact) mass is 509 g/mol. The van der Waals surface area contributed by atoms with E-state index in [1.807, 2.05) is 26.0 Å². The Morgan fingerprint density at radius 1 is 1.25 bits per heavy atom. The maximum atomic E-state index is 13.1. The lowest BCUT2D eigenvalue weighted by Crippen LogP contribution is -2.40. The number of nitrogens with zero attached hydrogens (tertiary/aromatic N) is 3. The normalized spacial score (nSPS) is 13.5. The van der Waals surface area contributed by atoms with Crippen LogP contribution in [-0.2, 0) is 11.3 Å². The Hall–Kier alpha value is -3.69. The Labute approximate surface area is 214 Å². The first-order valence-electron chi connectivity index (χ1n) is 11.5. The van der Waals surface area contributed by atoms with Gasteiger partial charge in [0.25, 0.3) is 5.91 Å². The first-order chi connectivity index (χ1) is 17.3. The number of rotatable bonds is 9. The fourth-order valence-corrected chi connectivity index (χ4v) is 4.24. The molecule has 3 aromatic rings. The predicted molar refractivity (Wildman–Crippen MR) is 137 cm³/mol. The number of aromatic nitrogens is 2. The van der Waals surface area contributed by atoms with Crippen molar-refractivity contribution in [1.29, 1.82) is 0 Å². The fraction of sp³-hybridized carbons (Fsp3) is 0.308. The number of anilines is 1. The van der Waals surface area contributed by atoms with Crippen LogP contribution in [0.4, 0.5) is 5.95 Å². The summed E-state index contributed by atoms with van der Waals surface area (Å²) in [5.74, 6) is 0.442. The second-order valence-corrected chi connectivity index (χ2v) is 9.21. The Morgan fingerprint density at radius 3 is 2.78 bits per heavy atom. The summed E-state index contributed by atoms with van der Waals surface area (Å²) in [6, 6.07) is 12.1. The molecule has 9 nitrogen and oxygen atoms in total. The van der Waals surface area contributed by atoms with Gasteiger partial charge in [0.2, 0.25) is 11.9 Å². The molecular formula is C26H28ClN5O4. The number of hydrogen-bond donors (Lipinski definition) is 3. The summed E-state index contributed by atoms with van der Waals surface area (Å²) >= 11 is 6.35. The summed E-state index contributed by atoms with van der Waals surface area (Å²) in [4.78, 5) is 36.1. The third-order valence-electron chi connectivity index (χ3n) is 5.77. The van der Waals surface area contributed by atoms with E-state index in [2.05, 4.69) is 20.6 Å². The molecule has 0 spiro atoms. The number of halogens is 1. The van der Waals surface area contributed by atoms with E-state index >= 15 is 0 Å². The SMILES string of the molecule is COc1cccc(C(CO)NC(=O)CN2Cc3ccc(-c4nc(NC(C)C)ncc4Cl)cc3C2=O)c1. The number of nitrogens with one attached hydrogen (secondary N) is 2. The molecule has 10 heteroatoms. The van der Waals surface area contributed by atoms with E-state index in [0.717, 1.165) is 5.56 Å². The lowest BCUT2D eigenvalue weighted by molar-refractivity contribution is -0.122. The van der Waals surface area contributed by atoms with Gasteiger partial charge in [-0.1, -0.05) is 35.9 Å². The highest BCUT2D eigenvalue weighted by Crippen LogP contribution is 2.31. The van der Waals surface area contributed by atoms with E-state index < -0.39 is 6.04 Å². The van der Waals surface area contributed by atoms with E-state index in [4.69, 9.17) is 16.3 Å². The van der Waals surface area contributed by atoms with Crippen LogP contribution >= 0.6 is 11.6 Å². The fourth-order valence-electron chi connectivity index (χ4n) is 4.04. The van der Waals surface area contributed by atoms with Crippen LogP contribution in [0.3, 0.4) is 0 Å². The van der Waals surface area contributed by atoms with E-state index in [0.29, 0.717) is 45.6 Å². The molecule has 2 heterocycles. The molecule has 1 unspecified atom stereocenters. The van der Waals surface area contributed by atoms with Gasteiger partial charge < -0.3 is 25.4 Å². The van der Waals surface area contributed by atoms with Crippen LogP contribution < -0.4 is 15.4 Å². The molecule has 4 rings (SSSR count). The van der Waals surface area contributed by atoms with Gasteiger partial charge in [-0.2, -0.15) is 0 Å².